The van der Waals surface area contributed by atoms with Gasteiger partial charge in [-0.25, -0.2) is 0 Å². The molecule has 2 aromatic rings. The number of aryl methyl sites for hydroxylation is 2. The first kappa shape index (κ1) is 12.4. The van der Waals surface area contributed by atoms with Gasteiger partial charge in [0, 0.05) is 12.1 Å². The molecule has 3 rings (SSSR count). The van der Waals surface area contributed by atoms with Crippen molar-refractivity contribution in [3.63, 3.8) is 0 Å². The monoisotopic (exact) mass is 276 g/mol. The minimum absolute atomic E-state index is 0.112. The third-order valence-corrected chi connectivity index (χ3v) is 4.53. The molecule has 1 fully saturated rings. The van der Waals surface area contributed by atoms with Gasteiger partial charge in [-0.2, -0.15) is 0 Å². The molecule has 1 amide bonds. The lowest BCUT2D eigenvalue weighted by atomic mass is 10.0. The SMILES string of the molecule is Cc1noc(C)c1[C@H]1CCCN1C(=O)c1cccs1. The lowest BCUT2D eigenvalue weighted by Gasteiger charge is -2.24. The van der Waals surface area contributed by atoms with Crippen LogP contribution in [0.3, 0.4) is 0 Å². The molecule has 1 aliphatic heterocycles. The summed E-state index contributed by atoms with van der Waals surface area (Å²) in [5.74, 6) is 0.950. The molecule has 0 spiro atoms. The average Bonchev–Trinajstić information content (AvgIpc) is 3.10. The van der Waals surface area contributed by atoms with Gasteiger partial charge in [-0.3, -0.25) is 4.79 Å². The third-order valence-electron chi connectivity index (χ3n) is 3.67. The van der Waals surface area contributed by atoms with Crippen molar-refractivity contribution in [2.45, 2.75) is 32.7 Å². The zero-order valence-corrected chi connectivity index (χ0v) is 11.9. The maximum atomic E-state index is 12.5. The molecule has 0 N–H and O–H groups in total. The van der Waals surface area contributed by atoms with Crippen molar-refractivity contribution in [3.8, 4) is 0 Å². The first-order valence-electron chi connectivity index (χ1n) is 6.45. The number of carbonyl (C=O) groups excluding carboxylic acids is 1. The van der Waals surface area contributed by atoms with Crippen molar-refractivity contribution in [2.75, 3.05) is 6.54 Å². The van der Waals surface area contributed by atoms with Gasteiger partial charge in [-0.1, -0.05) is 11.2 Å². The van der Waals surface area contributed by atoms with Crippen LogP contribution in [0, 0.1) is 13.8 Å². The van der Waals surface area contributed by atoms with Crippen LogP contribution in [0.15, 0.2) is 22.0 Å². The fourth-order valence-corrected chi connectivity index (χ4v) is 3.50. The summed E-state index contributed by atoms with van der Waals surface area (Å²) >= 11 is 1.50. The van der Waals surface area contributed by atoms with Crippen LogP contribution in [0.5, 0.6) is 0 Å². The summed E-state index contributed by atoms with van der Waals surface area (Å²) in [6, 6.07) is 3.91. The predicted molar refractivity (Wildman–Crippen MR) is 73.3 cm³/mol. The van der Waals surface area contributed by atoms with Gasteiger partial charge in [0.1, 0.15) is 5.76 Å². The highest BCUT2D eigenvalue weighted by Crippen LogP contribution is 2.36. The van der Waals surface area contributed by atoms with E-state index in [0.717, 1.165) is 41.3 Å². The molecule has 0 radical (unpaired) electrons. The molecule has 5 heteroatoms. The number of aromatic nitrogens is 1. The molecule has 1 saturated heterocycles. The second-order valence-electron chi connectivity index (χ2n) is 4.87. The van der Waals surface area contributed by atoms with E-state index in [1.54, 1.807) is 0 Å². The zero-order valence-electron chi connectivity index (χ0n) is 11.0. The van der Waals surface area contributed by atoms with Gasteiger partial charge in [-0.15, -0.1) is 11.3 Å². The van der Waals surface area contributed by atoms with E-state index < -0.39 is 0 Å². The Kier molecular flexibility index (Phi) is 3.14. The summed E-state index contributed by atoms with van der Waals surface area (Å²) in [6.45, 7) is 4.67. The van der Waals surface area contributed by atoms with E-state index in [9.17, 15) is 4.79 Å². The summed E-state index contributed by atoms with van der Waals surface area (Å²) in [5.41, 5.74) is 1.98. The van der Waals surface area contributed by atoms with Crippen LogP contribution in [0.4, 0.5) is 0 Å². The van der Waals surface area contributed by atoms with Crippen LogP contribution in [0.2, 0.25) is 0 Å². The number of hydrogen-bond acceptors (Lipinski definition) is 4. The van der Waals surface area contributed by atoms with Crippen LogP contribution in [0.1, 0.15) is 45.6 Å². The summed E-state index contributed by atoms with van der Waals surface area (Å²) in [4.78, 5) is 15.3. The molecule has 4 nitrogen and oxygen atoms in total. The number of likely N-dealkylation sites (tertiary alicyclic amines) is 1. The zero-order chi connectivity index (χ0) is 13.4. The Hall–Kier alpha value is -1.62. The summed E-state index contributed by atoms with van der Waals surface area (Å²) in [6.07, 6.45) is 2.02. The van der Waals surface area contributed by atoms with Gasteiger partial charge >= 0.3 is 0 Å². The molecule has 0 saturated carbocycles. The first-order valence-corrected chi connectivity index (χ1v) is 7.33. The van der Waals surface area contributed by atoms with Crippen molar-refractivity contribution < 1.29 is 9.32 Å². The van der Waals surface area contributed by atoms with E-state index in [1.165, 1.54) is 11.3 Å². The highest BCUT2D eigenvalue weighted by atomic mass is 32.1. The van der Waals surface area contributed by atoms with Crippen LogP contribution in [-0.4, -0.2) is 22.5 Å². The van der Waals surface area contributed by atoms with Crippen molar-refractivity contribution >= 4 is 17.2 Å². The highest BCUT2D eigenvalue weighted by Gasteiger charge is 2.34. The van der Waals surface area contributed by atoms with Crippen molar-refractivity contribution in [2.24, 2.45) is 0 Å². The molecular formula is C14H16N2O2S. The highest BCUT2D eigenvalue weighted by molar-refractivity contribution is 7.12. The third kappa shape index (κ3) is 2.08. The van der Waals surface area contributed by atoms with Crippen molar-refractivity contribution in [1.82, 2.24) is 10.1 Å². The van der Waals surface area contributed by atoms with Crippen LogP contribution in [-0.2, 0) is 0 Å². The molecule has 0 aromatic carbocycles. The van der Waals surface area contributed by atoms with Gasteiger partial charge < -0.3 is 9.42 Å². The molecule has 1 aliphatic rings. The van der Waals surface area contributed by atoms with Crippen molar-refractivity contribution in [1.29, 1.82) is 0 Å². The summed E-state index contributed by atoms with van der Waals surface area (Å²) < 4.78 is 5.24. The fraction of sp³-hybridized carbons (Fsp3) is 0.429. The van der Waals surface area contributed by atoms with Gasteiger partial charge in [0.25, 0.3) is 5.91 Å². The van der Waals surface area contributed by atoms with E-state index in [1.807, 2.05) is 36.3 Å². The van der Waals surface area contributed by atoms with Crippen LogP contribution >= 0.6 is 11.3 Å². The molecule has 0 aliphatic carbocycles. The Labute approximate surface area is 116 Å². The topological polar surface area (TPSA) is 46.3 Å². The largest absolute Gasteiger partial charge is 0.361 e. The Bertz CT molecular complexity index is 569. The second-order valence-corrected chi connectivity index (χ2v) is 5.82. The van der Waals surface area contributed by atoms with Gasteiger partial charge in [0.05, 0.1) is 16.6 Å². The molecule has 3 heterocycles. The summed E-state index contributed by atoms with van der Waals surface area (Å²) in [5, 5.41) is 5.95. The molecule has 1 atom stereocenters. The van der Waals surface area contributed by atoms with Gasteiger partial charge in [-0.05, 0) is 38.1 Å². The summed E-state index contributed by atoms with van der Waals surface area (Å²) in [7, 11) is 0. The normalized spacial score (nSPS) is 19.1. The Balaban J connectivity index is 1.92. The van der Waals surface area contributed by atoms with Crippen LogP contribution in [0.25, 0.3) is 0 Å². The van der Waals surface area contributed by atoms with Crippen molar-refractivity contribution in [3.05, 3.63) is 39.4 Å². The maximum Gasteiger partial charge on any atom is 0.264 e. The van der Waals surface area contributed by atoms with E-state index in [0.29, 0.717) is 0 Å². The Morgan fingerprint density at radius 1 is 1.53 bits per heavy atom. The lowest BCUT2D eigenvalue weighted by molar-refractivity contribution is 0.0739. The second kappa shape index (κ2) is 4.81. The van der Waals surface area contributed by atoms with Crippen LogP contribution < -0.4 is 0 Å². The molecule has 2 aromatic heterocycles. The maximum absolute atomic E-state index is 12.5. The molecule has 19 heavy (non-hydrogen) atoms. The minimum atomic E-state index is 0.112. The molecular weight excluding hydrogens is 260 g/mol. The number of rotatable bonds is 2. The Morgan fingerprint density at radius 3 is 3.00 bits per heavy atom. The van der Waals surface area contributed by atoms with Gasteiger partial charge in [0.15, 0.2) is 0 Å². The smallest absolute Gasteiger partial charge is 0.264 e. The molecule has 0 bridgehead atoms. The lowest BCUT2D eigenvalue weighted by Crippen LogP contribution is -2.30. The quantitative estimate of drug-likeness (QED) is 0.845. The average molecular weight is 276 g/mol. The Morgan fingerprint density at radius 2 is 2.37 bits per heavy atom. The van der Waals surface area contributed by atoms with E-state index in [2.05, 4.69) is 5.16 Å². The van der Waals surface area contributed by atoms with E-state index >= 15 is 0 Å². The van der Waals surface area contributed by atoms with Gasteiger partial charge in [0.2, 0.25) is 0 Å². The first-order chi connectivity index (χ1) is 9.18. The minimum Gasteiger partial charge on any atom is -0.361 e. The number of nitrogens with zero attached hydrogens (tertiary/aromatic N) is 2. The van der Waals surface area contributed by atoms with E-state index in [-0.39, 0.29) is 11.9 Å². The predicted octanol–water partition coefficient (Wildman–Crippen LogP) is 3.33. The number of amides is 1. The number of carbonyl (C=O) groups is 1. The number of thiophene rings is 1. The molecule has 0 unspecified atom stereocenters. The standard InChI is InChI=1S/C14H16N2O2S/c1-9-13(10(2)18-15-9)11-5-3-7-16(11)14(17)12-6-4-8-19-12/h4,6,8,11H,3,5,7H2,1-2H3/t11-/m1/s1. The molecule has 100 valence electrons. The van der Waals surface area contributed by atoms with E-state index in [4.69, 9.17) is 4.52 Å². The number of hydrogen-bond donors (Lipinski definition) is 0. The fourth-order valence-electron chi connectivity index (χ4n) is 2.82.